The number of nitrogens with one attached hydrogen (secondary N) is 2. The molecular formula is C16H23N5O2. The molecule has 2 heterocycles. The van der Waals surface area contributed by atoms with Crippen molar-refractivity contribution in [1.82, 2.24) is 25.2 Å². The molecule has 1 fully saturated rings. The summed E-state index contributed by atoms with van der Waals surface area (Å²) in [6.45, 7) is 0.650. The van der Waals surface area contributed by atoms with Crippen molar-refractivity contribution in [3.8, 4) is 0 Å². The molecule has 3 N–H and O–H groups in total. The molecule has 3 rings (SSSR count). The largest absolute Gasteiger partial charge is 0.388 e. The minimum absolute atomic E-state index is 0.278. The Hall–Kier alpha value is -2.15. The van der Waals surface area contributed by atoms with Crippen LogP contribution >= 0.6 is 0 Å². The summed E-state index contributed by atoms with van der Waals surface area (Å²) in [5.41, 5.74) is 0.834. The van der Waals surface area contributed by atoms with Gasteiger partial charge in [0, 0.05) is 18.8 Å². The smallest absolute Gasteiger partial charge is 0.315 e. The zero-order valence-electron chi connectivity index (χ0n) is 13.2. The first-order valence-electron chi connectivity index (χ1n) is 8.18. The van der Waals surface area contributed by atoms with Gasteiger partial charge in [-0.25, -0.2) is 14.3 Å². The van der Waals surface area contributed by atoms with E-state index in [4.69, 9.17) is 0 Å². The summed E-state index contributed by atoms with van der Waals surface area (Å²) < 4.78 is 1.69. The first-order chi connectivity index (χ1) is 11.2. The van der Waals surface area contributed by atoms with Crippen LogP contribution in [0.2, 0.25) is 0 Å². The molecule has 0 saturated heterocycles. The molecule has 7 heteroatoms. The summed E-state index contributed by atoms with van der Waals surface area (Å²) in [5, 5.41) is 20.3. The summed E-state index contributed by atoms with van der Waals surface area (Å²) in [5.74, 6) is 0. The molecule has 0 aliphatic heterocycles. The highest BCUT2D eigenvalue weighted by molar-refractivity contribution is 5.73. The molecule has 1 saturated carbocycles. The Morgan fingerprint density at radius 1 is 1.17 bits per heavy atom. The molecule has 0 spiro atoms. The van der Waals surface area contributed by atoms with E-state index in [1.807, 2.05) is 12.1 Å². The Morgan fingerprint density at radius 3 is 2.74 bits per heavy atom. The SMILES string of the molecule is O=C(NCc1ccnc2ccnn12)NCC1(O)CCCCCC1. The van der Waals surface area contributed by atoms with Crippen molar-refractivity contribution in [2.75, 3.05) is 6.54 Å². The van der Waals surface area contributed by atoms with Crippen LogP contribution in [0.15, 0.2) is 24.5 Å². The number of amides is 2. The third-order valence-electron chi connectivity index (χ3n) is 4.41. The maximum Gasteiger partial charge on any atom is 0.315 e. The highest BCUT2D eigenvalue weighted by atomic mass is 16.3. The van der Waals surface area contributed by atoms with Gasteiger partial charge in [0.15, 0.2) is 5.65 Å². The Kier molecular flexibility index (Phi) is 4.76. The summed E-state index contributed by atoms with van der Waals surface area (Å²) in [6.07, 6.45) is 9.25. The average molecular weight is 317 g/mol. The quantitative estimate of drug-likeness (QED) is 0.747. The van der Waals surface area contributed by atoms with Gasteiger partial charge in [-0.1, -0.05) is 25.7 Å². The molecule has 1 aliphatic carbocycles. The number of nitrogens with zero attached hydrogens (tertiary/aromatic N) is 3. The van der Waals surface area contributed by atoms with E-state index >= 15 is 0 Å². The van der Waals surface area contributed by atoms with Crippen LogP contribution in [0.1, 0.15) is 44.2 Å². The van der Waals surface area contributed by atoms with Crippen LogP contribution in [0.3, 0.4) is 0 Å². The maximum atomic E-state index is 12.0. The van der Waals surface area contributed by atoms with Crippen LogP contribution in [-0.4, -0.2) is 37.9 Å². The highest BCUT2D eigenvalue weighted by Crippen LogP contribution is 2.26. The van der Waals surface area contributed by atoms with Gasteiger partial charge in [0.05, 0.1) is 24.0 Å². The van der Waals surface area contributed by atoms with E-state index in [0.717, 1.165) is 49.9 Å². The fourth-order valence-electron chi connectivity index (χ4n) is 3.06. The van der Waals surface area contributed by atoms with Crippen LogP contribution in [0, 0.1) is 0 Å². The summed E-state index contributed by atoms with van der Waals surface area (Å²) in [7, 11) is 0. The fourth-order valence-corrected chi connectivity index (χ4v) is 3.06. The van der Waals surface area contributed by atoms with E-state index in [9.17, 15) is 9.90 Å². The van der Waals surface area contributed by atoms with Gasteiger partial charge in [0.1, 0.15) is 0 Å². The Labute approximate surface area is 135 Å². The molecule has 2 amide bonds. The second kappa shape index (κ2) is 6.95. The number of carbonyl (C=O) groups is 1. The molecule has 124 valence electrons. The lowest BCUT2D eigenvalue weighted by Gasteiger charge is -2.26. The van der Waals surface area contributed by atoms with Crippen molar-refractivity contribution in [2.45, 2.75) is 50.7 Å². The molecule has 7 nitrogen and oxygen atoms in total. The number of urea groups is 1. The van der Waals surface area contributed by atoms with Gasteiger partial charge in [-0.05, 0) is 18.9 Å². The summed E-state index contributed by atoms with van der Waals surface area (Å²) >= 11 is 0. The van der Waals surface area contributed by atoms with Crippen molar-refractivity contribution in [1.29, 1.82) is 0 Å². The topological polar surface area (TPSA) is 91.6 Å². The van der Waals surface area contributed by atoms with Crippen molar-refractivity contribution >= 4 is 11.7 Å². The molecule has 0 radical (unpaired) electrons. The molecular weight excluding hydrogens is 294 g/mol. The Bertz CT molecular complexity index is 661. The van der Waals surface area contributed by atoms with Crippen LogP contribution in [0.25, 0.3) is 5.65 Å². The molecule has 0 bridgehead atoms. The fraction of sp³-hybridized carbons (Fsp3) is 0.562. The lowest BCUT2D eigenvalue weighted by atomic mass is 9.95. The second-order valence-electron chi connectivity index (χ2n) is 6.21. The van der Waals surface area contributed by atoms with Crippen LogP contribution in [0.4, 0.5) is 4.79 Å². The van der Waals surface area contributed by atoms with Crippen LogP contribution in [-0.2, 0) is 6.54 Å². The van der Waals surface area contributed by atoms with Crippen LogP contribution in [0.5, 0.6) is 0 Å². The minimum Gasteiger partial charge on any atom is -0.388 e. The number of rotatable bonds is 4. The number of hydrogen-bond acceptors (Lipinski definition) is 4. The number of aliphatic hydroxyl groups is 1. The number of hydrogen-bond donors (Lipinski definition) is 3. The van der Waals surface area contributed by atoms with E-state index in [-0.39, 0.29) is 6.03 Å². The van der Waals surface area contributed by atoms with E-state index in [0.29, 0.717) is 13.1 Å². The molecule has 2 aromatic heterocycles. The van der Waals surface area contributed by atoms with Gasteiger partial charge < -0.3 is 15.7 Å². The summed E-state index contributed by atoms with van der Waals surface area (Å²) in [6, 6.07) is 3.35. The molecule has 1 aliphatic rings. The summed E-state index contributed by atoms with van der Waals surface area (Å²) in [4.78, 5) is 16.2. The van der Waals surface area contributed by atoms with Gasteiger partial charge in [-0.3, -0.25) is 0 Å². The molecule has 0 unspecified atom stereocenters. The maximum absolute atomic E-state index is 12.0. The predicted octanol–water partition coefficient (Wildman–Crippen LogP) is 1.61. The minimum atomic E-state index is -0.764. The van der Waals surface area contributed by atoms with E-state index in [1.165, 1.54) is 0 Å². The number of aromatic nitrogens is 3. The van der Waals surface area contributed by atoms with Gasteiger partial charge in [-0.2, -0.15) is 5.10 Å². The van der Waals surface area contributed by atoms with Crippen molar-refractivity contribution in [3.63, 3.8) is 0 Å². The second-order valence-corrected chi connectivity index (χ2v) is 6.21. The van der Waals surface area contributed by atoms with Crippen LogP contribution < -0.4 is 10.6 Å². The first kappa shape index (κ1) is 15.7. The highest BCUT2D eigenvalue weighted by Gasteiger charge is 2.28. The third-order valence-corrected chi connectivity index (χ3v) is 4.41. The normalized spacial score (nSPS) is 17.6. The molecule has 0 atom stereocenters. The third kappa shape index (κ3) is 3.98. The average Bonchev–Trinajstić information content (AvgIpc) is 2.93. The first-order valence-corrected chi connectivity index (χ1v) is 8.18. The van der Waals surface area contributed by atoms with E-state index in [1.54, 1.807) is 16.9 Å². The van der Waals surface area contributed by atoms with Crippen molar-refractivity contribution in [2.24, 2.45) is 0 Å². The number of carbonyl (C=O) groups excluding carboxylic acids is 1. The van der Waals surface area contributed by atoms with Crippen molar-refractivity contribution < 1.29 is 9.90 Å². The zero-order valence-corrected chi connectivity index (χ0v) is 13.2. The lowest BCUT2D eigenvalue weighted by molar-refractivity contribution is 0.0276. The van der Waals surface area contributed by atoms with Gasteiger partial charge in [-0.15, -0.1) is 0 Å². The molecule has 2 aromatic rings. The standard InChI is InChI=1S/C16H23N5O2/c22-15(19-12-16(23)7-3-1-2-4-8-16)18-11-13-5-9-17-14-6-10-20-21(13)14/h5-6,9-10,23H,1-4,7-8,11-12H2,(H2,18,19,22). The van der Waals surface area contributed by atoms with Gasteiger partial charge in [0.25, 0.3) is 0 Å². The number of fused-ring (bicyclic) bond motifs is 1. The Morgan fingerprint density at radius 2 is 1.96 bits per heavy atom. The monoisotopic (exact) mass is 317 g/mol. The predicted molar refractivity (Wildman–Crippen MR) is 85.9 cm³/mol. The van der Waals surface area contributed by atoms with Crippen molar-refractivity contribution in [3.05, 3.63) is 30.2 Å². The lowest BCUT2D eigenvalue weighted by Crippen LogP contribution is -2.46. The molecule has 23 heavy (non-hydrogen) atoms. The van der Waals surface area contributed by atoms with Gasteiger partial charge >= 0.3 is 6.03 Å². The van der Waals surface area contributed by atoms with E-state index in [2.05, 4.69) is 20.7 Å². The van der Waals surface area contributed by atoms with E-state index < -0.39 is 5.60 Å². The Balaban J connectivity index is 1.50. The van der Waals surface area contributed by atoms with Gasteiger partial charge in [0.2, 0.25) is 0 Å². The zero-order chi connectivity index (χ0) is 16.1. The molecule has 0 aromatic carbocycles.